The van der Waals surface area contributed by atoms with Crippen LogP contribution in [0.4, 0.5) is 10.1 Å². The first-order valence-electron chi connectivity index (χ1n) is 6.89. The van der Waals surface area contributed by atoms with E-state index in [1.807, 2.05) is 24.3 Å². The van der Waals surface area contributed by atoms with E-state index in [0.717, 1.165) is 12.2 Å². The average Bonchev–Trinajstić information content (AvgIpc) is 2.45. The Balaban J connectivity index is 2.31. The third-order valence-corrected chi connectivity index (χ3v) is 3.59. The van der Waals surface area contributed by atoms with E-state index < -0.39 is 0 Å². The fourth-order valence-corrected chi connectivity index (χ4v) is 2.40. The standard InChI is InChI=1S/C17H19FN2S/c1-12(2)20(11-13-6-4-3-5-7-13)14-8-9-15(17(19)21)16(18)10-14/h3-10,12H,11H2,1-2H3,(H2,19,21). The van der Waals surface area contributed by atoms with Crippen LogP contribution in [0.1, 0.15) is 25.0 Å². The topological polar surface area (TPSA) is 29.3 Å². The molecule has 0 aromatic heterocycles. The molecule has 0 saturated carbocycles. The number of halogens is 1. The Kier molecular flexibility index (Phi) is 4.91. The Morgan fingerprint density at radius 3 is 2.38 bits per heavy atom. The van der Waals surface area contributed by atoms with Gasteiger partial charge in [-0.25, -0.2) is 4.39 Å². The fourth-order valence-electron chi connectivity index (χ4n) is 2.23. The summed E-state index contributed by atoms with van der Waals surface area (Å²) < 4.78 is 14.1. The lowest BCUT2D eigenvalue weighted by atomic mass is 10.1. The van der Waals surface area contributed by atoms with Crippen LogP contribution in [-0.2, 0) is 6.54 Å². The largest absolute Gasteiger partial charge is 0.389 e. The molecule has 2 nitrogen and oxygen atoms in total. The molecule has 2 rings (SSSR count). The first kappa shape index (κ1) is 15.4. The SMILES string of the molecule is CC(C)N(Cc1ccccc1)c1ccc(C(N)=S)c(F)c1. The van der Waals surface area contributed by atoms with Crippen molar-refractivity contribution in [3.8, 4) is 0 Å². The number of nitrogens with two attached hydrogens (primary N) is 1. The molecule has 2 aromatic carbocycles. The Morgan fingerprint density at radius 2 is 1.86 bits per heavy atom. The van der Waals surface area contributed by atoms with Gasteiger partial charge >= 0.3 is 0 Å². The molecule has 0 atom stereocenters. The summed E-state index contributed by atoms with van der Waals surface area (Å²) in [7, 11) is 0. The molecule has 110 valence electrons. The van der Waals surface area contributed by atoms with Crippen LogP contribution < -0.4 is 10.6 Å². The quantitative estimate of drug-likeness (QED) is 0.850. The summed E-state index contributed by atoms with van der Waals surface area (Å²) in [5.41, 5.74) is 7.80. The van der Waals surface area contributed by atoms with Crippen LogP contribution >= 0.6 is 12.2 Å². The maximum atomic E-state index is 14.1. The Morgan fingerprint density at radius 1 is 1.19 bits per heavy atom. The highest BCUT2D eigenvalue weighted by molar-refractivity contribution is 7.80. The van der Waals surface area contributed by atoms with Crippen molar-refractivity contribution in [3.63, 3.8) is 0 Å². The van der Waals surface area contributed by atoms with E-state index in [1.54, 1.807) is 6.07 Å². The number of hydrogen-bond donors (Lipinski definition) is 1. The van der Waals surface area contributed by atoms with Crippen LogP contribution in [-0.4, -0.2) is 11.0 Å². The number of thiocarbonyl (C=S) groups is 1. The first-order valence-corrected chi connectivity index (χ1v) is 7.30. The third-order valence-electron chi connectivity index (χ3n) is 3.37. The van der Waals surface area contributed by atoms with Crippen LogP contribution in [0.25, 0.3) is 0 Å². The highest BCUT2D eigenvalue weighted by Gasteiger charge is 2.14. The maximum Gasteiger partial charge on any atom is 0.135 e. The number of nitrogens with zero attached hydrogens (tertiary/aromatic N) is 1. The predicted octanol–water partition coefficient (Wildman–Crippen LogP) is 3.87. The average molecular weight is 302 g/mol. The molecule has 0 unspecified atom stereocenters. The molecule has 0 bridgehead atoms. The molecule has 0 aliphatic carbocycles. The van der Waals surface area contributed by atoms with E-state index >= 15 is 0 Å². The van der Waals surface area contributed by atoms with Crippen molar-refractivity contribution in [1.29, 1.82) is 0 Å². The molecule has 4 heteroatoms. The van der Waals surface area contributed by atoms with Gasteiger partial charge < -0.3 is 10.6 Å². The molecule has 0 saturated heterocycles. The van der Waals surface area contributed by atoms with Gasteiger partial charge in [-0.15, -0.1) is 0 Å². The molecule has 0 fully saturated rings. The van der Waals surface area contributed by atoms with Crippen molar-refractivity contribution in [3.05, 3.63) is 65.5 Å². The van der Waals surface area contributed by atoms with Crippen molar-refractivity contribution in [2.45, 2.75) is 26.4 Å². The summed E-state index contributed by atoms with van der Waals surface area (Å²) in [6, 6.07) is 15.4. The van der Waals surface area contributed by atoms with Gasteiger partial charge in [-0.3, -0.25) is 0 Å². The number of benzene rings is 2. The van der Waals surface area contributed by atoms with Gasteiger partial charge in [0.1, 0.15) is 10.8 Å². The van der Waals surface area contributed by atoms with E-state index in [0.29, 0.717) is 0 Å². The van der Waals surface area contributed by atoms with Crippen LogP contribution in [0.15, 0.2) is 48.5 Å². The summed E-state index contributed by atoms with van der Waals surface area (Å²) >= 11 is 4.84. The minimum Gasteiger partial charge on any atom is -0.389 e. The summed E-state index contributed by atoms with van der Waals surface area (Å²) in [5.74, 6) is -0.376. The van der Waals surface area contributed by atoms with Gasteiger partial charge in [-0.1, -0.05) is 42.5 Å². The zero-order valence-electron chi connectivity index (χ0n) is 12.2. The zero-order valence-corrected chi connectivity index (χ0v) is 13.0. The minimum absolute atomic E-state index is 0.0817. The smallest absolute Gasteiger partial charge is 0.135 e. The van der Waals surface area contributed by atoms with Crippen LogP contribution in [0, 0.1) is 5.82 Å². The van der Waals surface area contributed by atoms with Crippen molar-refractivity contribution in [1.82, 2.24) is 0 Å². The highest BCUT2D eigenvalue weighted by atomic mass is 32.1. The van der Waals surface area contributed by atoms with E-state index in [9.17, 15) is 4.39 Å². The Bertz CT molecular complexity index is 626. The van der Waals surface area contributed by atoms with Crippen LogP contribution in [0.2, 0.25) is 0 Å². The van der Waals surface area contributed by atoms with Gasteiger partial charge in [-0.05, 0) is 37.6 Å². The minimum atomic E-state index is -0.376. The first-order chi connectivity index (χ1) is 9.99. The monoisotopic (exact) mass is 302 g/mol. The van der Waals surface area contributed by atoms with E-state index in [4.69, 9.17) is 18.0 Å². The molecule has 0 aliphatic heterocycles. The van der Waals surface area contributed by atoms with Gasteiger partial charge in [0.05, 0.1) is 0 Å². The van der Waals surface area contributed by atoms with Crippen molar-refractivity contribution < 1.29 is 4.39 Å². The zero-order chi connectivity index (χ0) is 15.4. The molecule has 0 heterocycles. The van der Waals surface area contributed by atoms with Gasteiger partial charge in [0.2, 0.25) is 0 Å². The Hall–Kier alpha value is -1.94. The third kappa shape index (κ3) is 3.79. The molecular weight excluding hydrogens is 283 g/mol. The van der Waals surface area contributed by atoms with Gasteiger partial charge in [0, 0.05) is 23.8 Å². The van der Waals surface area contributed by atoms with E-state index in [1.165, 1.54) is 11.6 Å². The molecule has 2 N–H and O–H groups in total. The van der Waals surface area contributed by atoms with Crippen molar-refractivity contribution >= 4 is 22.9 Å². The molecule has 0 aliphatic rings. The van der Waals surface area contributed by atoms with E-state index in [2.05, 4.69) is 30.9 Å². The summed E-state index contributed by atoms with van der Waals surface area (Å²) in [6.07, 6.45) is 0. The fraction of sp³-hybridized carbons (Fsp3) is 0.235. The molecule has 0 spiro atoms. The second-order valence-electron chi connectivity index (χ2n) is 5.24. The highest BCUT2D eigenvalue weighted by Crippen LogP contribution is 2.23. The molecule has 21 heavy (non-hydrogen) atoms. The lowest BCUT2D eigenvalue weighted by molar-refractivity contribution is 0.620. The lowest BCUT2D eigenvalue weighted by Gasteiger charge is -2.29. The normalized spacial score (nSPS) is 10.7. The van der Waals surface area contributed by atoms with E-state index in [-0.39, 0.29) is 22.4 Å². The lowest BCUT2D eigenvalue weighted by Crippen LogP contribution is -2.30. The number of rotatable bonds is 5. The summed E-state index contributed by atoms with van der Waals surface area (Å²) in [5, 5.41) is 0. The number of hydrogen-bond acceptors (Lipinski definition) is 2. The molecule has 2 aromatic rings. The van der Waals surface area contributed by atoms with Crippen molar-refractivity contribution in [2.24, 2.45) is 5.73 Å². The summed E-state index contributed by atoms with van der Waals surface area (Å²) in [6.45, 7) is 4.90. The summed E-state index contributed by atoms with van der Waals surface area (Å²) in [4.78, 5) is 2.22. The number of anilines is 1. The molecular formula is C17H19FN2S. The second-order valence-corrected chi connectivity index (χ2v) is 5.68. The Labute approximate surface area is 130 Å². The van der Waals surface area contributed by atoms with Crippen LogP contribution in [0.3, 0.4) is 0 Å². The van der Waals surface area contributed by atoms with Crippen molar-refractivity contribution in [2.75, 3.05) is 4.90 Å². The van der Waals surface area contributed by atoms with Gasteiger partial charge in [-0.2, -0.15) is 0 Å². The van der Waals surface area contributed by atoms with Gasteiger partial charge in [0.15, 0.2) is 0 Å². The van der Waals surface area contributed by atoms with Crippen LogP contribution in [0.5, 0.6) is 0 Å². The van der Waals surface area contributed by atoms with Gasteiger partial charge in [0.25, 0.3) is 0 Å². The molecule has 0 amide bonds. The maximum absolute atomic E-state index is 14.1. The predicted molar refractivity (Wildman–Crippen MR) is 90.0 cm³/mol. The molecule has 0 radical (unpaired) electrons. The second kappa shape index (κ2) is 6.68.